The second-order valence-electron chi connectivity index (χ2n) is 7.02. The molecule has 0 radical (unpaired) electrons. The Morgan fingerprint density at radius 3 is 2.24 bits per heavy atom. The van der Waals surface area contributed by atoms with E-state index >= 15 is 0 Å². The summed E-state index contributed by atoms with van der Waals surface area (Å²) in [6.45, 7) is 3.05. The molecule has 0 aromatic carbocycles. The highest BCUT2D eigenvalue weighted by atomic mass is 16.5. The Kier molecular flexibility index (Phi) is 13.3. The fourth-order valence-corrected chi connectivity index (χ4v) is 3.01. The highest BCUT2D eigenvalue weighted by Crippen LogP contribution is 2.17. The molecule has 1 saturated heterocycles. The van der Waals surface area contributed by atoms with Crippen molar-refractivity contribution >= 4 is 0 Å². The lowest BCUT2D eigenvalue weighted by molar-refractivity contribution is -0.0813. The van der Waals surface area contributed by atoms with Crippen LogP contribution in [0.3, 0.4) is 0 Å². The van der Waals surface area contributed by atoms with Gasteiger partial charge in [-0.3, -0.25) is 0 Å². The number of hydrogen-bond acceptors (Lipinski definition) is 5. The number of allylic oxidation sites excluding steroid dienone is 2. The quantitative estimate of drug-likeness (QED) is 0.310. The molecule has 5 heteroatoms. The zero-order valence-electron chi connectivity index (χ0n) is 15.8. The molecule has 0 saturated carbocycles. The number of aliphatic hydroxyl groups is 3. The van der Waals surface area contributed by atoms with E-state index in [-0.39, 0.29) is 13.2 Å². The Morgan fingerprint density at radius 1 is 1.00 bits per heavy atom. The minimum Gasteiger partial charge on any atom is -0.388 e. The van der Waals surface area contributed by atoms with Crippen LogP contribution in [0.25, 0.3) is 0 Å². The third-order valence-electron chi connectivity index (χ3n) is 4.66. The van der Waals surface area contributed by atoms with Crippen LogP contribution in [-0.2, 0) is 9.47 Å². The molecule has 0 aliphatic carbocycles. The summed E-state index contributed by atoms with van der Waals surface area (Å²) in [6, 6.07) is 0. The minimum absolute atomic E-state index is 0.0656. The largest absolute Gasteiger partial charge is 0.388 e. The topological polar surface area (TPSA) is 79.2 Å². The van der Waals surface area contributed by atoms with Gasteiger partial charge in [0.25, 0.3) is 0 Å². The van der Waals surface area contributed by atoms with Gasteiger partial charge in [0.1, 0.15) is 24.4 Å². The summed E-state index contributed by atoms with van der Waals surface area (Å²) in [6.07, 6.45) is 13.2. The summed E-state index contributed by atoms with van der Waals surface area (Å²) < 4.78 is 10.6. The number of ether oxygens (including phenoxy) is 2. The van der Waals surface area contributed by atoms with Crippen molar-refractivity contribution in [3.63, 3.8) is 0 Å². The van der Waals surface area contributed by atoms with Gasteiger partial charge in [-0.25, -0.2) is 0 Å². The van der Waals surface area contributed by atoms with E-state index in [9.17, 15) is 15.3 Å². The number of unbranched alkanes of at least 4 members (excludes halogenated alkanes) is 8. The fourth-order valence-electron chi connectivity index (χ4n) is 3.01. The average Bonchev–Trinajstić information content (AvgIpc) is 2.94. The van der Waals surface area contributed by atoms with E-state index in [1.165, 1.54) is 44.9 Å². The first-order valence-electron chi connectivity index (χ1n) is 10.0. The molecule has 0 aromatic heterocycles. The van der Waals surface area contributed by atoms with E-state index in [2.05, 4.69) is 19.1 Å². The van der Waals surface area contributed by atoms with Crippen molar-refractivity contribution < 1.29 is 24.8 Å². The Bertz CT molecular complexity index is 334. The zero-order valence-corrected chi connectivity index (χ0v) is 15.8. The first kappa shape index (κ1) is 22.6. The molecule has 0 amide bonds. The first-order chi connectivity index (χ1) is 12.2. The smallest absolute Gasteiger partial charge is 0.114 e. The molecule has 1 aliphatic rings. The third-order valence-corrected chi connectivity index (χ3v) is 4.66. The lowest BCUT2D eigenvalue weighted by Gasteiger charge is -2.20. The van der Waals surface area contributed by atoms with Gasteiger partial charge in [0.05, 0.1) is 13.2 Å². The molecule has 3 N–H and O–H groups in total. The van der Waals surface area contributed by atoms with Crippen LogP contribution < -0.4 is 0 Å². The van der Waals surface area contributed by atoms with Crippen LogP contribution in [0.15, 0.2) is 12.2 Å². The SMILES string of the molecule is CCCCCC/C=C/CCCCCCOC[C@@H](O)[C@H]1OC[C@H](O)[C@H]1O. The first-order valence-corrected chi connectivity index (χ1v) is 10.0. The van der Waals surface area contributed by atoms with Gasteiger partial charge in [-0.1, -0.05) is 51.2 Å². The molecule has 148 valence electrons. The fraction of sp³-hybridized carbons (Fsp3) is 0.900. The van der Waals surface area contributed by atoms with Crippen molar-refractivity contribution in [3.8, 4) is 0 Å². The standard InChI is InChI=1S/C20H38O5/c1-2-3-4-5-6-7-8-9-10-11-12-13-14-24-15-18(22)20-19(23)17(21)16-25-20/h7-8,17-23H,2-6,9-16H2,1H3/b8-7+/t17-,18+,19+,20+/m0/s1. The van der Waals surface area contributed by atoms with Crippen LogP contribution in [0.4, 0.5) is 0 Å². The zero-order chi connectivity index (χ0) is 18.3. The lowest BCUT2D eigenvalue weighted by Crippen LogP contribution is -2.40. The average molecular weight is 359 g/mol. The number of aliphatic hydroxyl groups excluding tert-OH is 3. The molecule has 0 spiro atoms. The Hall–Kier alpha value is -0.460. The normalized spacial score (nSPS) is 25.0. The Morgan fingerprint density at radius 2 is 1.64 bits per heavy atom. The molecule has 1 fully saturated rings. The highest BCUT2D eigenvalue weighted by Gasteiger charge is 2.39. The van der Waals surface area contributed by atoms with Gasteiger partial charge in [0.2, 0.25) is 0 Å². The Balaban J connectivity index is 1.85. The van der Waals surface area contributed by atoms with Gasteiger partial charge < -0.3 is 24.8 Å². The van der Waals surface area contributed by atoms with Crippen LogP contribution in [0, 0.1) is 0 Å². The second-order valence-corrected chi connectivity index (χ2v) is 7.02. The van der Waals surface area contributed by atoms with Crippen molar-refractivity contribution in [2.24, 2.45) is 0 Å². The van der Waals surface area contributed by atoms with Crippen LogP contribution in [0.1, 0.15) is 71.1 Å². The maximum atomic E-state index is 9.90. The van der Waals surface area contributed by atoms with E-state index in [4.69, 9.17) is 9.47 Å². The van der Waals surface area contributed by atoms with Crippen LogP contribution in [0.5, 0.6) is 0 Å². The molecule has 5 nitrogen and oxygen atoms in total. The maximum Gasteiger partial charge on any atom is 0.114 e. The summed E-state index contributed by atoms with van der Waals surface area (Å²) in [5.74, 6) is 0. The molecular weight excluding hydrogens is 320 g/mol. The Labute approximate surface area is 153 Å². The van der Waals surface area contributed by atoms with Crippen molar-refractivity contribution in [2.45, 2.75) is 95.5 Å². The third kappa shape index (κ3) is 10.3. The van der Waals surface area contributed by atoms with E-state index in [1.54, 1.807) is 0 Å². The van der Waals surface area contributed by atoms with Gasteiger partial charge in [-0.2, -0.15) is 0 Å². The summed E-state index contributed by atoms with van der Waals surface area (Å²) in [5, 5.41) is 28.9. The van der Waals surface area contributed by atoms with Crippen LogP contribution >= 0.6 is 0 Å². The molecule has 0 unspecified atom stereocenters. The van der Waals surface area contributed by atoms with Crippen LogP contribution in [0.2, 0.25) is 0 Å². The van der Waals surface area contributed by atoms with Gasteiger partial charge in [0.15, 0.2) is 0 Å². The highest BCUT2D eigenvalue weighted by molar-refractivity contribution is 4.87. The van der Waals surface area contributed by atoms with Gasteiger partial charge in [-0.15, -0.1) is 0 Å². The predicted octanol–water partition coefficient (Wildman–Crippen LogP) is 2.96. The predicted molar refractivity (Wildman–Crippen MR) is 99.6 cm³/mol. The van der Waals surface area contributed by atoms with Crippen molar-refractivity contribution in [2.75, 3.05) is 19.8 Å². The van der Waals surface area contributed by atoms with E-state index in [0.717, 1.165) is 19.3 Å². The molecule has 4 atom stereocenters. The van der Waals surface area contributed by atoms with E-state index in [0.29, 0.717) is 6.61 Å². The van der Waals surface area contributed by atoms with Gasteiger partial charge in [-0.05, 0) is 32.1 Å². The molecule has 1 aliphatic heterocycles. The van der Waals surface area contributed by atoms with Gasteiger partial charge >= 0.3 is 0 Å². The second kappa shape index (κ2) is 14.7. The summed E-state index contributed by atoms with van der Waals surface area (Å²) in [7, 11) is 0. The summed E-state index contributed by atoms with van der Waals surface area (Å²) >= 11 is 0. The van der Waals surface area contributed by atoms with Crippen molar-refractivity contribution in [3.05, 3.63) is 12.2 Å². The molecule has 1 rings (SSSR count). The lowest BCUT2D eigenvalue weighted by atomic mass is 10.1. The number of rotatable bonds is 15. The van der Waals surface area contributed by atoms with Gasteiger partial charge in [0, 0.05) is 6.61 Å². The molecule has 0 bridgehead atoms. The molecule has 0 aromatic rings. The summed E-state index contributed by atoms with van der Waals surface area (Å²) in [5.41, 5.74) is 0. The van der Waals surface area contributed by atoms with E-state index in [1.807, 2.05) is 0 Å². The van der Waals surface area contributed by atoms with E-state index < -0.39 is 24.4 Å². The minimum atomic E-state index is -1.03. The molecule has 1 heterocycles. The monoisotopic (exact) mass is 358 g/mol. The van der Waals surface area contributed by atoms with Crippen molar-refractivity contribution in [1.82, 2.24) is 0 Å². The molecule has 25 heavy (non-hydrogen) atoms. The van der Waals surface area contributed by atoms with Crippen molar-refractivity contribution in [1.29, 1.82) is 0 Å². The summed E-state index contributed by atoms with van der Waals surface area (Å²) in [4.78, 5) is 0. The molecular formula is C20H38O5. The van der Waals surface area contributed by atoms with Crippen LogP contribution in [-0.4, -0.2) is 59.6 Å². The number of hydrogen-bond donors (Lipinski definition) is 3. The maximum absolute atomic E-state index is 9.90.